The molecule has 3 unspecified atom stereocenters. The number of likely N-dealkylation sites (tertiary alicyclic amines) is 2. The summed E-state index contributed by atoms with van der Waals surface area (Å²) in [5.41, 5.74) is 8.09. The monoisotopic (exact) mass is 370 g/mol. The first kappa shape index (κ1) is 18.9. The van der Waals surface area contributed by atoms with E-state index >= 15 is 0 Å². The van der Waals surface area contributed by atoms with E-state index in [0.29, 0.717) is 11.3 Å². The van der Waals surface area contributed by atoms with Gasteiger partial charge in [-0.15, -0.1) is 0 Å². The number of amides is 1. The molecule has 1 amide bonds. The second-order valence-electron chi connectivity index (χ2n) is 8.90. The number of hydrogen-bond donors (Lipinski definition) is 2. The van der Waals surface area contributed by atoms with Crippen LogP contribution >= 0.6 is 0 Å². The fraction of sp³-hybridized carbons (Fsp3) is 0.682. The summed E-state index contributed by atoms with van der Waals surface area (Å²) in [6.45, 7) is 8.33. The molecule has 0 aliphatic carbocycles. The average molecular weight is 371 g/mol. The Labute approximate surface area is 163 Å². The van der Waals surface area contributed by atoms with Crippen molar-refractivity contribution in [3.63, 3.8) is 0 Å². The number of rotatable bonds is 5. The Balaban J connectivity index is 1.28. The summed E-state index contributed by atoms with van der Waals surface area (Å²) >= 11 is 0. The van der Waals surface area contributed by atoms with Gasteiger partial charge in [0.15, 0.2) is 0 Å². The molecule has 1 aromatic carbocycles. The van der Waals surface area contributed by atoms with Crippen molar-refractivity contribution in [1.29, 1.82) is 0 Å². The van der Waals surface area contributed by atoms with Crippen molar-refractivity contribution in [3.8, 4) is 0 Å². The number of nitrogens with zero attached hydrogens (tertiary/aromatic N) is 2. The Morgan fingerprint density at radius 3 is 2.81 bits per heavy atom. The molecule has 0 radical (unpaired) electrons. The molecule has 2 N–H and O–H groups in total. The first-order valence-electron chi connectivity index (χ1n) is 10.7. The van der Waals surface area contributed by atoms with Crippen LogP contribution in [0, 0.1) is 11.3 Å². The zero-order valence-electron chi connectivity index (χ0n) is 16.6. The van der Waals surface area contributed by atoms with Gasteiger partial charge in [0.2, 0.25) is 5.91 Å². The van der Waals surface area contributed by atoms with Crippen molar-refractivity contribution < 1.29 is 4.79 Å². The van der Waals surface area contributed by atoms with E-state index < -0.39 is 0 Å². The molecule has 3 saturated heterocycles. The van der Waals surface area contributed by atoms with Crippen molar-refractivity contribution in [1.82, 2.24) is 20.7 Å². The zero-order valence-corrected chi connectivity index (χ0v) is 16.6. The van der Waals surface area contributed by atoms with E-state index in [-0.39, 0.29) is 12.0 Å². The lowest BCUT2D eigenvalue weighted by molar-refractivity contribution is -0.134. The first-order valence-corrected chi connectivity index (χ1v) is 10.7. The van der Waals surface area contributed by atoms with Crippen LogP contribution in [-0.2, 0) is 11.2 Å². The van der Waals surface area contributed by atoms with Crippen LogP contribution in [0.4, 0.5) is 0 Å². The average Bonchev–Trinajstić information content (AvgIpc) is 3.29. The van der Waals surface area contributed by atoms with E-state index in [4.69, 9.17) is 0 Å². The normalized spacial score (nSPS) is 31.7. The third-order valence-electron chi connectivity index (χ3n) is 6.85. The zero-order chi connectivity index (χ0) is 18.7. The number of piperidine rings is 1. The van der Waals surface area contributed by atoms with Crippen molar-refractivity contribution >= 4 is 5.91 Å². The Morgan fingerprint density at radius 1 is 1.19 bits per heavy atom. The van der Waals surface area contributed by atoms with E-state index in [0.717, 1.165) is 26.1 Å². The minimum absolute atomic E-state index is 0.0886. The van der Waals surface area contributed by atoms with Gasteiger partial charge in [0, 0.05) is 37.6 Å². The van der Waals surface area contributed by atoms with Gasteiger partial charge in [0.05, 0.1) is 5.92 Å². The first-order chi connectivity index (χ1) is 13.2. The second kappa shape index (κ2) is 8.29. The summed E-state index contributed by atoms with van der Waals surface area (Å²) in [4.78, 5) is 17.7. The summed E-state index contributed by atoms with van der Waals surface area (Å²) in [7, 11) is 0. The number of carbonyl (C=O) groups is 1. The minimum atomic E-state index is 0.0886. The molecule has 3 fully saturated rings. The summed E-state index contributed by atoms with van der Waals surface area (Å²) in [5.74, 6) is 0.434. The SMILES string of the molecule is CC1NNCC1C(=O)N1CCC2(CCCN(CCCc3ccccc3)C2)C1. The number of carbonyl (C=O) groups excluding carboxylic acids is 1. The minimum Gasteiger partial charge on any atom is -0.342 e. The van der Waals surface area contributed by atoms with Gasteiger partial charge in [-0.25, -0.2) is 0 Å². The molecule has 1 aromatic rings. The van der Waals surface area contributed by atoms with Crippen LogP contribution in [-0.4, -0.2) is 61.0 Å². The highest BCUT2D eigenvalue weighted by Gasteiger charge is 2.44. The van der Waals surface area contributed by atoms with Crippen LogP contribution in [0.1, 0.15) is 38.2 Å². The molecule has 1 spiro atoms. The number of hydrogen-bond acceptors (Lipinski definition) is 4. The summed E-state index contributed by atoms with van der Waals surface area (Å²) in [5, 5.41) is 0. The third kappa shape index (κ3) is 4.36. The lowest BCUT2D eigenvalue weighted by Crippen LogP contribution is -2.47. The predicted molar refractivity (Wildman–Crippen MR) is 108 cm³/mol. The Bertz CT molecular complexity index is 636. The summed E-state index contributed by atoms with van der Waals surface area (Å²) < 4.78 is 0. The number of hydrazine groups is 1. The molecule has 3 atom stereocenters. The predicted octanol–water partition coefficient (Wildman–Crippen LogP) is 2.05. The van der Waals surface area contributed by atoms with E-state index in [1.807, 2.05) is 0 Å². The Morgan fingerprint density at radius 2 is 2.04 bits per heavy atom. The van der Waals surface area contributed by atoms with E-state index in [1.54, 1.807) is 0 Å². The highest BCUT2D eigenvalue weighted by atomic mass is 16.2. The summed E-state index contributed by atoms with van der Waals surface area (Å²) in [6, 6.07) is 11.0. The molecule has 148 valence electrons. The third-order valence-corrected chi connectivity index (χ3v) is 6.85. The van der Waals surface area contributed by atoms with Gasteiger partial charge in [-0.1, -0.05) is 30.3 Å². The highest BCUT2D eigenvalue weighted by molar-refractivity contribution is 5.80. The maximum absolute atomic E-state index is 12.9. The highest BCUT2D eigenvalue weighted by Crippen LogP contribution is 2.39. The van der Waals surface area contributed by atoms with Gasteiger partial charge < -0.3 is 9.80 Å². The molecule has 5 heteroatoms. The lowest BCUT2D eigenvalue weighted by atomic mass is 9.79. The fourth-order valence-corrected chi connectivity index (χ4v) is 5.25. The molecular weight excluding hydrogens is 336 g/mol. The fourth-order valence-electron chi connectivity index (χ4n) is 5.25. The molecule has 4 rings (SSSR count). The smallest absolute Gasteiger partial charge is 0.228 e. The molecule has 27 heavy (non-hydrogen) atoms. The molecule has 3 aliphatic rings. The largest absolute Gasteiger partial charge is 0.342 e. The van der Waals surface area contributed by atoms with Crippen molar-refractivity contribution in [3.05, 3.63) is 35.9 Å². The Kier molecular flexibility index (Phi) is 5.81. The van der Waals surface area contributed by atoms with Gasteiger partial charge in [-0.3, -0.25) is 15.6 Å². The van der Waals surface area contributed by atoms with Gasteiger partial charge in [0.25, 0.3) is 0 Å². The van der Waals surface area contributed by atoms with Gasteiger partial charge in [-0.2, -0.15) is 0 Å². The molecule has 3 aliphatic heterocycles. The molecule has 3 heterocycles. The molecule has 5 nitrogen and oxygen atoms in total. The topological polar surface area (TPSA) is 47.6 Å². The number of nitrogens with one attached hydrogen (secondary N) is 2. The van der Waals surface area contributed by atoms with E-state index in [2.05, 4.69) is 57.9 Å². The van der Waals surface area contributed by atoms with Gasteiger partial charge in [0.1, 0.15) is 0 Å². The van der Waals surface area contributed by atoms with Crippen LogP contribution < -0.4 is 10.9 Å². The van der Waals surface area contributed by atoms with E-state index in [9.17, 15) is 4.79 Å². The van der Waals surface area contributed by atoms with Gasteiger partial charge >= 0.3 is 0 Å². The van der Waals surface area contributed by atoms with Crippen LogP contribution in [0.15, 0.2) is 30.3 Å². The quantitative estimate of drug-likeness (QED) is 0.833. The molecular formula is C22H34N4O. The van der Waals surface area contributed by atoms with Crippen LogP contribution in [0.3, 0.4) is 0 Å². The van der Waals surface area contributed by atoms with Crippen LogP contribution in [0.2, 0.25) is 0 Å². The molecule has 0 saturated carbocycles. The van der Waals surface area contributed by atoms with E-state index in [1.165, 1.54) is 50.9 Å². The maximum Gasteiger partial charge on any atom is 0.228 e. The van der Waals surface area contributed by atoms with Crippen molar-refractivity contribution in [2.75, 3.05) is 39.3 Å². The molecule has 0 aromatic heterocycles. The van der Waals surface area contributed by atoms with Crippen LogP contribution in [0.25, 0.3) is 0 Å². The second-order valence-corrected chi connectivity index (χ2v) is 8.90. The Hall–Kier alpha value is -1.43. The summed E-state index contributed by atoms with van der Waals surface area (Å²) in [6.07, 6.45) is 6.11. The van der Waals surface area contributed by atoms with Crippen LogP contribution in [0.5, 0.6) is 0 Å². The van der Waals surface area contributed by atoms with Crippen molar-refractivity contribution in [2.24, 2.45) is 11.3 Å². The standard InChI is InChI=1S/C22H34N4O/c1-18-20(15-23-24-18)21(27)26-14-11-22(17-26)10-6-13-25(16-22)12-5-9-19-7-3-2-4-8-19/h2-4,7-8,18,20,23-24H,5-6,9-17H2,1H3. The van der Waals surface area contributed by atoms with Crippen molar-refractivity contribution in [2.45, 2.75) is 45.1 Å². The number of aryl methyl sites for hydroxylation is 1. The maximum atomic E-state index is 12.9. The molecule has 0 bridgehead atoms. The lowest BCUT2D eigenvalue weighted by Gasteiger charge is -2.40. The number of benzene rings is 1. The van der Waals surface area contributed by atoms with Gasteiger partial charge in [-0.05, 0) is 57.7 Å².